The molecule has 1 aliphatic carbocycles. The zero-order valence-corrected chi connectivity index (χ0v) is 16.5. The highest BCUT2D eigenvalue weighted by molar-refractivity contribution is 6.33. The van der Waals surface area contributed by atoms with Gasteiger partial charge in [-0.3, -0.25) is 9.59 Å². The van der Waals surface area contributed by atoms with Crippen LogP contribution >= 0.6 is 11.6 Å². The number of amides is 1. The number of nitrogens with zero attached hydrogens (tertiary/aromatic N) is 2. The molecule has 1 saturated carbocycles. The van der Waals surface area contributed by atoms with Gasteiger partial charge in [0.25, 0.3) is 5.56 Å². The van der Waals surface area contributed by atoms with Crippen molar-refractivity contribution < 1.29 is 9.90 Å². The van der Waals surface area contributed by atoms with Crippen LogP contribution in [0.2, 0.25) is 5.02 Å². The molecule has 0 aliphatic heterocycles. The molecule has 1 amide bonds. The number of nitrogens with one attached hydrogen (secondary N) is 1. The summed E-state index contributed by atoms with van der Waals surface area (Å²) in [6.45, 7) is 5.55. The molecule has 1 aromatic heterocycles. The summed E-state index contributed by atoms with van der Waals surface area (Å²) in [7, 11) is 0. The number of hydrogen-bond donors (Lipinski definition) is 2. The molecule has 0 radical (unpaired) electrons. The largest absolute Gasteiger partial charge is 0.390 e. The zero-order valence-electron chi connectivity index (χ0n) is 15.7. The molecule has 3 rings (SSSR count). The Morgan fingerprint density at radius 3 is 2.63 bits per heavy atom. The molecule has 1 heterocycles. The predicted octanol–water partition coefficient (Wildman–Crippen LogP) is 2.72. The summed E-state index contributed by atoms with van der Waals surface area (Å²) in [4.78, 5) is 24.8. The lowest BCUT2D eigenvalue weighted by molar-refractivity contribution is -0.125. The van der Waals surface area contributed by atoms with Gasteiger partial charge in [-0.25, -0.2) is 4.68 Å². The monoisotopic (exact) mass is 389 g/mol. The fraction of sp³-hybridized carbons (Fsp3) is 0.450. The van der Waals surface area contributed by atoms with Crippen LogP contribution in [-0.2, 0) is 11.3 Å². The number of carbonyl (C=O) groups is 1. The second kappa shape index (κ2) is 7.44. The molecule has 0 saturated heterocycles. The van der Waals surface area contributed by atoms with Gasteiger partial charge in [-0.2, -0.15) is 5.10 Å². The van der Waals surface area contributed by atoms with Crippen molar-refractivity contribution >= 4 is 17.5 Å². The molecular formula is C20H24ClN3O3. The SMILES string of the molecule is CC(C)c1nn(CC(=O)NC2CC(C)(O)C2)c(=O)cc1-c1ccccc1Cl. The van der Waals surface area contributed by atoms with Gasteiger partial charge >= 0.3 is 0 Å². The summed E-state index contributed by atoms with van der Waals surface area (Å²) in [6, 6.07) is 8.74. The predicted molar refractivity (Wildman–Crippen MR) is 105 cm³/mol. The van der Waals surface area contributed by atoms with Crippen molar-refractivity contribution in [3.05, 3.63) is 51.4 Å². The molecule has 2 aromatic rings. The molecule has 2 N–H and O–H groups in total. The smallest absolute Gasteiger partial charge is 0.267 e. The van der Waals surface area contributed by atoms with Crippen LogP contribution in [0, 0.1) is 0 Å². The number of aliphatic hydroxyl groups is 1. The molecule has 1 aliphatic rings. The second-order valence-corrected chi connectivity index (χ2v) is 8.15. The van der Waals surface area contributed by atoms with E-state index in [0.29, 0.717) is 29.1 Å². The maximum Gasteiger partial charge on any atom is 0.267 e. The van der Waals surface area contributed by atoms with Gasteiger partial charge in [0.1, 0.15) is 6.54 Å². The van der Waals surface area contributed by atoms with Crippen LogP contribution in [0.5, 0.6) is 0 Å². The van der Waals surface area contributed by atoms with Crippen LogP contribution < -0.4 is 10.9 Å². The quantitative estimate of drug-likeness (QED) is 0.823. The van der Waals surface area contributed by atoms with Crippen LogP contribution in [0.4, 0.5) is 0 Å². The molecule has 6 nitrogen and oxygen atoms in total. The van der Waals surface area contributed by atoms with E-state index in [1.165, 1.54) is 10.7 Å². The third kappa shape index (κ3) is 4.39. The first kappa shape index (κ1) is 19.6. The molecule has 1 aromatic carbocycles. The molecule has 0 spiro atoms. The Hall–Kier alpha value is -2.18. The Labute approximate surface area is 163 Å². The van der Waals surface area contributed by atoms with Crippen molar-refractivity contribution in [2.24, 2.45) is 0 Å². The van der Waals surface area contributed by atoms with E-state index in [2.05, 4.69) is 10.4 Å². The summed E-state index contributed by atoms with van der Waals surface area (Å²) >= 11 is 6.29. The molecule has 27 heavy (non-hydrogen) atoms. The number of rotatable bonds is 5. The van der Waals surface area contributed by atoms with E-state index in [4.69, 9.17) is 11.6 Å². The number of hydrogen-bond acceptors (Lipinski definition) is 4. The average Bonchev–Trinajstić information content (AvgIpc) is 2.55. The van der Waals surface area contributed by atoms with Gasteiger partial charge in [-0.15, -0.1) is 0 Å². The summed E-state index contributed by atoms with van der Waals surface area (Å²) in [5.41, 5.74) is 1.08. The van der Waals surface area contributed by atoms with Gasteiger partial charge in [-0.05, 0) is 31.7 Å². The summed E-state index contributed by atoms with van der Waals surface area (Å²) < 4.78 is 1.18. The minimum absolute atomic E-state index is 0.0490. The summed E-state index contributed by atoms with van der Waals surface area (Å²) in [5.74, 6) is -0.238. The van der Waals surface area contributed by atoms with Crippen LogP contribution in [0.15, 0.2) is 35.1 Å². The number of aromatic nitrogens is 2. The van der Waals surface area contributed by atoms with Crippen LogP contribution in [0.3, 0.4) is 0 Å². The summed E-state index contributed by atoms with van der Waals surface area (Å²) in [5, 5.41) is 17.6. The van der Waals surface area contributed by atoms with E-state index in [1.807, 2.05) is 32.0 Å². The van der Waals surface area contributed by atoms with Gasteiger partial charge in [0.05, 0.1) is 11.3 Å². The van der Waals surface area contributed by atoms with E-state index in [0.717, 1.165) is 5.56 Å². The van der Waals surface area contributed by atoms with Crippen molar-refractivity contribution in [2.45, 2.75) is 57.7 Å². The Bertz CT molecular complexity index is 913. The third-order valence-corrected chi connectivity index (χ3v) is 5.10. The number of benzene rings is 1. The fourth-order valence-corrected chi connectivity index (χ4v) is 3.69. The Morgan fingerprint density at radius 2 is 2.04 bits per heavy atom. The maximum atomic E-state index is 12.5. The van der Waals surface area contributed by atoms with E-state index >= 15 is 0 Å². The van der Waals surface area contributed by atoms with Crippen molar-refractivity contribution in [3.8, 4) is 11.1 Å². The van der Waals surface area contributed by atoms with Crippen LogP contribution in [-0.4, -0.2) is 32.4 Å². The first-order chi connectivity index (χ1) is 12.7. The van der Waals surface area contributed by atoms with Crippen LogP contribution in [0.25, 0.3) is 11.1 Å². The fourth-order valence-electron chi connectivity index (χ4n) is 3.45. The second-order valence-electron chi connectivity index (χ2n) is 7.74. The standard InChI is InChI=1S/C20H24ClN3O3/c1-12(2)19-15(14-6-4-5-7-16(14)21)8-18(26)24(23-19)11-17(25)22-13-9-20(3,27)10-13/h4-8,12-13,27H,9-11H2,1-3H3,(H,22,25). The van der Waals surface area contributed by atoms with Crippen molar-refractivity contribution in [2.75, 3.05) is 0 Å². The first-order valence-electron chi connectivity index (χ1n) is 9.05. The van der Waals surface area contributed by atoms with E-state index in [9.17, 15) is 14.7 Å². The Morgan fingerprint density at radius 1 is 1.37 bits per heavy atom. The summed E-state index contributed by atoms with van der Waals surface area (Å²) in [6.07, 6.45) is 1.04. The topological polar surface area (TPSA) is 84.2 Å². The van der Waals surface area contributed by atoms with E-state index < -0.39 is 5.60 Å². The lowest BCUT2D eigenvalue weighted by Gasteiger charge is -2.41. The van der Waals surface area contributed by atoms with Gasteiger partial charge in [0.15, 0.2) is 0 Å². The minimum Gasteiger partial charge on any atom is -0.390 e. The van der Waals surface area contributed by atoms with Gasteiger partial charge in [-0.1, -0.05) is 43.6 Å². The highest BCUT2D eigenvalue weighted by Gasteiger charge is 2.39. The van der Waals surface area contributed by atoms with Crippen molar-refractivity contribution in [3.63, 3.8) is 0 Å². The zero-order chi connectivity index (χ0) is 19.8. The molecule has 7 heteroatoms. The van der Waals surface area contributed by atoms with Crippen LogP contribution in [0.1, 0.15) is 45.2 Å². The lowest BCUT2D eigenvalue weighted by atomic mass is 9.77. The molecule has 0 atom stereocenters. The minimum atomic E-state index is -0.714. The molecule has 0 unspecified atom stereocenters. The number of halogens is 1. The molecule has 144 valence electrons. The third-order valence-electron chi connectivity index (χ3n) is 4.77. The normalized spacial score (nSPS) is 21.8. The Balaban J connectivity index is 1.85. The van der Waals surface area contributed by atoms with E-state index in [1.54, 1.807) is 13.0 Å². The van der Waals surface area contributed by atoms with Gasteiger partial charge in [0, 0.05) is 28.3 Å². The average molecular weight is 390 g/mol. The highest BCUT2D eigenvalue weighted by atomic mass is 35.5. The van der Waals surface area contributed by atoms with Crippen molar-refractivity contribution in [1.82, 2.24) is 15.1 Å². The molecule has 0 bridgehead atoms. The lowest BCUT2D eigenvalue weighted by Crippen LogP contribution is -2.54. The van der Waals surface area contributed by atoms with Crippen molar-refractivity contribution in [1.29, 1.82) is 0 Å². The molecule has 1 fully saturated rings. The first-order valence-corrected chi connectivity index (χ1v) is 9.43. The highest BCUT2D eigenvalue weighted by Crippen LogP contribution is 2.32. The van der Waals surface area contributed by atoms with Gasteiger partial charge < -0.3 is 10.4 Å². The van der Waals surface area contributed by atoms with Gasteiger partial charge in [0.2, 0.25) is 5.91 Å². The van der Waals surface area contributed by atoms with E-state index in [-0.39, 0.29) is 30.0 Å². The Kier molecular flexibility index (Phi) is 5.40. The number of carbonyl (C=O) groups excluding carboxylic acids is 1. The molecular weight excluding hydrogens is 366 g/mol. The maximum absolute atomic E-state index is 12.5.